The SMILES string of the molecule is C=C(C)C(=O)OCCNC(=O)NCCC(=O)O.CC.[HH].[HH]. The predicted octanol–water partition coefficient (Wildman–Crippen LogP) is 1.40. The molecule has 0 bridgehead atoms. The number of carboxylic acid groups (broad SMARTS) is 1. The molecule has 0 unspecified atom stereocenters. The Balaban J connectivity index is -0.000000344. The summed E-state index contributed by atoms with van der Waals surface area (Å²) in [7, 11) is 0. The highest BCUT2D eigenvalue weighted by Crippen LogP contribution is 1.90. The van der Waals surface area contributed by atoms with Crippen molar-refractivity contribution in [2.45, 2.75) is 27.2 Å². The number of rotatable bonds is 7. The monoisotopic (exact) mass is 278 g/mol. The van der Waals surface area contributed by atoms with Crippen LogP contribution in [0.5, 0.6) is 0 Å². The lowest BCUT2D eigenvalue weighted by Crippen LogP contribution is -2.38. The fourth-order valence-electron chi connectivity index (χ4n) is 0.777. The van der Waals surface area contributed by atoms with Crippen LogP contribution in [0.15, 0.2) is 12.2 Å². The van der Waals surface area contributed by atoms with Gasteiger partial charge in [-0.2, -0.15) is 0 Å². The Hall–Kier alpha value is -2.05. The van der Waals surface area contributed by atoms with Crippen LogP contribution in [0.1, 0.15) is 30.0 Å². The van der Waals surface area contributed by atoms with Gasteiger partial charge in [0.2, 0.25) is 0 Å². The lowest BCUT2D eigenvalue weighted by Gasteiger charge is -2.07. The van der Waals surface area contributed by atoms with E-state index in [4.69, 9.17) is 9.84 Å². The molecule has 3 N–H and O–H groups in total. The molecule has 2 amide bonds. The van der Waals surface area contributed by atoms with Gasteiger partial charge < -0.3 is 20.5 Å². The summed E-state index contributed by atoms with van der Waals surface area (Å²) >= 11 is 0. The third-order valence-corrected chi connectivity index (χ3v) is 1.59. The molecule has 0 atom stereocenters. The Morgan fingerprint density at radius 2 is 1.74 bits per heavy atom. The van der Waals surface area contributed by atoms with Gasteiger partial charge in [-0.3, -0.25) is 4.79 Å². The highest BCUT2D eigenvalue weighted by Gasteiger charge is 2.04. The fraction of sp³-hybridized carbons (Fsp3) is 0.583. The van der Waals surface area contributed by atoms with Gasteiger partial charge in [0, 0.05) is 15.0 Å². The number of carbonyl (C=O) groups is 3. The highest BCUT2D eigenvalue weighted by molar-refractivity contribution is 5.86. The summed E-state index contributed by atoms with van der Waals surface area (Å²) in [5.74, 6) is -1.50. The molecule has 0 fully saturated rings. The quantitative estimate of drug-likeness (QED) is 0.371. The van der Waals surface area contributed by atoms with Crippen molar-refractivity contribution >= 4 is 18.0 Å². The first kappa shape index (κ1) is 19.3. The second kappa shape index (κ2) is 12.4. The lowest BCUT2D eigenvalue weighted by atomic mass is 10.4. The average Bonchev–Trinajstić information content (AvgIpc) is 2.36. The first-order valence-electron chi connectivity index (χ1n) is 5.99. The number of urea groups is 1. The summed E-state index contributed by atoms with van der Waals surface area (Å²) in [4.78, 5) is 32.1. The van der Waals surface area contributed by atoms with E-state index in [0.717, 1.165) is 0 Å². The van der Waals surface area contributed by atoms with Crippen LogP contribution in [0.25, 0.3) is 0 Å². The van der Waals surface area contributed by atoms with Crippen molar-refractivity contribution in [1.29, 1.82) is 0 Å². The number of ether oxygens (including phenoxy) is 1. The van der Waals surface area contributed by atoms with Gasteiger partial charge in [-0.05, 0) is 6.92 Å². The molecular weight excluding hydrogens is 252 g/mol. The zero-order chi connectivity index (χ0) is 15.3. The average molecular weight is 278 g/mol. The molecule has 7 nitrogen and oxygen atoms in total. The molecule has 0 heterocycles. The lowest BCUT2D eigenvalue weighted by molar-refractivity contribution is -0.139. The number of esters is 1. The summed E-state index contributed by atoms with van der Waals surface area (Å²) in [6.07, 6.45) is -0.141. The molecule has 7 heteroatoms. The molecule has 19 heavy (non-hydrogen) atoms. The number of hydrogen-bond donors (Lipinski definition) is 3. The molecule has 114 valence electrons. The standard InChI is InChI=1S/C10H16N2O5.C2H6.2H2/c1-7(2)9(15)17-6-5-12-10(16)11-4-3-8(13)14;1-2;;/h1,3-6H2,2H3,(H,13,14)(H2,11,12,16);1-2H3;2*1H. The van der Waals surface area contributed by atoms with Gasteiger partial charge in [-0.1, -0.05) is 20.4 Å². The van der Waals surface area contributed by atoms with Crippen molar-refractivity contribution in [2.24, 2.45) is 0 Å². The van der Waals surface area contributed by atoms with Crippen LogP contribution in [-0.2, 0) is 14.3 Å². The zero-order valence-electron chi connectivity index (χ0n) is 11.6. The third kappa shape index (κ3) is 13.9. The second-order valence-corrected chi connectivity index (χ2v) is 3.24. The van der Waals surface area contributed by atoms with E-state index in [9.17, 15) is 14.4 Å². The number of hydrogen-bond acceptors (Lipinski definition) is 4. The van der Waals surface area contributed by atoms with Gasteiger partial charge in [-0.15, -0.1) is 0 Å². The Morgan fingerprint density at radius 3 is 2.21 bits per heavy atom. The summed E-state index contributed by atoms with van der Waals surface area (Å²) in [6.45, 7) is 9.16. The van der Waals surface area contributed by atoms with E-state index < -0.39 is 18.0 Å². The molecule has 0 radical (unpaired) electrons. The fourth-order valence-corrected chi connectivity index (χ4v) is 0.777. The highest BCUT2D eigenvalue weighted by atomic mass is 16.5. The molecular formula is C12H26N2O5. The van der Waals surface area contributed by atoms with Crippen LogP contribution in [-0.4, -0.2) is 42.8 Å². The van der Waals surface area contributed by atoms with Crippen molar-refractivity contribution in [3.05, 3.63) is 12.2 Å². The minimum atomic E-state index is -0.985. The van der Waals surface area contributed by atoms with Gasteiger partial charge in [-0.25, -0.2) is 9.59 Å². The smallest absolute Gasteiger partial charge is 0.333 e. The molecule has 0 aliphatic carbocycles. The number of aliphatic carboxylic acids is 1. The van der Waals surface area contributed by atoms with Gasteiger partial charge in [0.15, 0.2) is 0 Å². The third-order valence-electron chi connectivity index (χ3n) is 1.59. The van der Waals surface area contributed by atoms with Crippen molar-refractivity contribution in [3.63, 3.8) is 0 Å². The van der Waals surface area contributed by atoms with Gasteiger partial charge in [0.1, 0.15) is 6.61 Å². The van der Waals surface area contributed by atoms with Gasteiger partial charge in [0.05, 0.1) is 13.0 Å². The number of amides is 2. The summed E-state index contributed by atoms with van der Waals surface area (Å²) in [5, 5.41) is 13.1. The number of carboxylic acids is 1. The number of carbonyl (C=O) groups excluding carboxylic acids is 2. The predicted molar refractivity (Wildman–Crippen MR) is 75.0 cm³/mol. The summed E-state index contributed by atoms with van der Waals surface area (Å²) < 4.78 is 4.72. The summed E-state index contributed by atoms with van der Waals surface area (Å²) in [5.41, 5.74) is 0.288. The largest absolute Gasteiger partial charge is 0.481 e. The topological polar surface area (TPSA) is 105 Å². The van der Waals surface area contributed by atoms with E-state index >= 15 is 0 Å². The minimum absolute atomic E-state index is 0. The molecule has 0 aliphatic rings. The van der Waals surface area contributed by atoms with E-state index in [0.29, 0.717) is 0 Å². The molecule has 0 saturated carbocycles. The maximum atomic E-state index is 11.0. The normalized spacial score (nSPS) is 8.58. The molecule has 0 saturated heterocycles. The number of nitrogens with one attached hydrogen (secondary N) is 2. The minimum Gasteiger partial charge on any atom is -0.481 e. The van der Waals surface area contributed by atoms with Crippen LogP contribution < -0.4 is 10.6 Å². The van der Waals surface area contributed by atoms with E-state index in [2.05, 4.69) is 17.2 Å². The van der Waals surface area contributed by atoms with Gasteiger partial charge >= 0.3 is 18.0 Å². The molecule has 0 rings (SSSR count). The van der Waals surface area contributed by atoms with E-state index in [1.165, 1.54) is 6.92 Å². The van der Waals surface area contributed by atoms with Crippen LogP contribution in [0.2, 0.25) is 0 Å². The first-order chi connectivity index (χ1) is 8.93. The van der Waals surface area contributed by atoms with Crippen LogP contribution in [0.3, 0.4) is 0 Å². The van der Waals surface area contributed by atoms with Crippen LogP contribution in [0, 0.1) is 0 Å². The molecule has 0 aromatic rings. The summed E-state index contributed by atoms with van der Waals surface area (Å²) in [6, 6.07) is -0.502. The van der Waals surface area contributed by atoms with E-state index in [1.807, 2.05) is 13.8 Å². The zero-order valence-corrected chi connectivity index (χ0v) is 11.6. The first-order valence-corrected chi connectivity index (χ1v) is 5.99. The van der Waals surface area contributed by atoms with Crippen molar-refractivity contribution < 1.29 is 27.1 Å². The maximum absolute atomic E-state index is 11.0. The van der Waals surface area contributed by atoms with Gasteiger partial charge in [0.25, 0.3) is 0 Å². The van der Waals surface area contributed by atoms with E-state index in [-0.39, 0.29) is 34.5 Å². The van der Waals surface area contributed by atoms with Crippen LogP contribution in [0.4, 0.5) is 4.79 Å². The molecule has 0 aromatic heterocycles. The van der Waals surface area contributed by atoms with Crippen molar-refractivity contribution in [3.8, 4) is 0 Å². The molecule has 0 aliphatic heterocycles. The van der Waals surface area contributed by atoms with Crippen molar-refractivity contribution in [2.75, 3.05) is 19.7 Å². The van der Waals surface area contributed by atoms with Crippen molar-refractivity contribution in [1.82, 2.24) is 10.6 Å². The molecule has 0 spiro atoms. The van der Waals surface area contributed by atoms with E-state index in [1.54, 1.807) is 0 Å². The maximum Gasteiger partial charge on any atom is 0.333 e. The Bertz CT molecular complexity index is 325. The Morgan fingerprint density at radius 1 is 1.21 bits per heavy atom. The molecule has 0 aromatic carbocycles. The Kier molecular flexibility index (Phi) is 12.6. The Labute approximate surface area is 116 Å². The second-order valence-electron chi connectivity index (χ2n) is 3.24. The van der Waals surface area contributed by atoms with Crippen LogP contribution >= 0.6 is 0 Å².